The van der Waals surface area contributed by atoms with Crippen LogP contribution in [0.2, 0.25) is 0 Å². The number of nitrogens with zero attached hydrogens (tertiary/aromatic N) is 4. The Labute approximate surface area is 256 Å². The first-order chi connectivity index (χ1) is 21.4. The Morgan fingerprint density at radius 3 is 1.41 bits per heavy atom. The zero-order chi connectivity index (χ0) is 30.1. The van der Waals surface area contributed by atoms with Crippen molar-refractivity contribution in [3.63, 3.8) is 0 Å². The molecule has 0 spiro atoms. The fourth-order valence-electron chi connectivity index (χ4n) is 6.81. The van der Waals surface area contributed by atoms with Crippen LogP contribution in [0.4, 0.5) is 5.69 Å². The van der Waals surface area contributed by atoms with Gasteiger partial charge in [-0.25, -0.2) is 4.85 Å². The van der Waals surface area contributed by atoms with Gasteiger partial charge in [-0.2, -0.15) is 0 Å². The molecule has 0 N–H and O–H groups in total. The van der Waals surface area contributed by atoms with E-state index in [1.165, 1.54) is 43.8 Å². The van der Waals surface area contributed by atoms with Gasteiger partial charge in [0, 0.05) is 50.8 Å². The highest BCUT2D eigenvalue weighted by Gasteiger charge is 2.21. The van der Waals surface area contributed by atoms with Crippen molar-refractivity contribution in [2.75, 3.05) is 0 Å². The lowest BCUT2D eigenvalue weighted by molar-refractivity contribution is 1.14. The van der Waals surface area contributed by atoms with E-state index in [9.17, 15) is 0 Å². The van der Waals surface area contributed by atoms with Crippen LogP contribution >= 0.6 is 0 Å². The van der Waals surface area contributed by atoms with Crippen molar-refractivity contribution in [1.82, 2.24) is 14.1 Å². The van der Waals surface area contributed by atoms with E-state index in [0.29, 0.717) is 5.69 Å². The van der Waals surface area contributed by atoms with Gasteiger partial charge in [-0.3, -0.25) is 4.98 Å². The van der Waals surface area contributed by atoms with Crippen molar-refractivity contribution >= 4 is 49.3 Å². The van der Waals surface area contributed by atoms with Gasteiger partial charge in [0.25, 0.3) is 0 Å². The van der Waals surface area contributed by atoms with Crippen LogP contribution < -0.4 is 0 Å². The summed E-state index contributed by atoms with van der Waals surface area (Å²) in [4.78, 5) is 8.50. The minimum Gasteiger partial charge on any atom is -0.310 e. The van der Waals surface area contributed by atoms with E-state index in [1.807, 2.05) is 24.5 Å². The maximum absolute atomic E-state index is 7.89. The molecule has 0 atom stereocenters. The molecule has 0 saturated heterocycles. The van der Waals surface area contributed by atoms with Crippen molar-refractivity contribution < 1.29 is 0 Å². The number of hydrogen-bond acceptors (Lipinski definition) is 1. The van der Waals surface area contributed by atoms with Crippen LogP contribution in [0.1, 0.15) is 22.3 Å². The van der Waals surface area contributed by atoms with Crippen LogP contribution in [0.3, 0.4) is 0 Å². The van der Waals surface area contributed by atoms with Crippen LogP contribution in [0.5, 0.6) is 0 Å². The van der Waals surface area contributed by atoms with Crippen LogP contribution in [-0.2, 0) is 0 Å². The second kappa shape index (κ2) is 9.69. The molecule has 3 heterocycles. The molecule has 210 valence electrons. The molecule has 0 aliphatic heterocycles. The fraction of sp³-hybridized carbons (Fsp3) is 0.100. The maximum atomic E-state index is 7.89. The smallest absolute Gasteiger partial charge is 0.189 e. The van der Waals surface area contributed by atoms with Crippen molar-refractivity contribution in [3.8, 4) is 22.5 Å². The van der Waals surface area contributed by atoms with Gasteiger partial charge >= 0.3 is 0 Å². The topological polar surface area (TPSA) is 27.1 Å². The standard InChI is InChI=1S/C40H30N4/c1-24-6-12-35-30(18-24)31-19-25(2)7-13-36(31)43(35)39-16-17-42-23-34(39)29-11-10-28(41-5)22-40(29)44-37-14-8-26(3)20-32(37)33-21-27(4)9-15-38(33)44/h6-23H,1-4H3. The molecular formula is C40H30N4. The number of rotatable bonds is 3. The minimum absolute atomic E-state index is 0.603. The molecule has 0 bridgehead atoms. The normalized spacial score (nSPS) is 11.6. The summed E-state index contributed by atoms with van der Waals surface area (Å²) in [5.41, 5.74) is 14.1. The molecule has 44 heavy (non-hydrogen) atoms. The highest BCUT2D eigenvalue weighted by Crippen LogP contribution is 2.42. The first-order valence-corrected chi connectivity index (χ1v) is 14.9. The van der Waals surface area contributed by atoms with Gasteiger partial charge in [-0.1, -0.05) is 58.7 Å². The lowest BCUT2D eigenvalue weighted by atomic mass is 10.0. The second-order valence-electron chi connectivity index (χ2n) is 12.0. The quantitative estimate of drug-likeness (QED) is 0.195. The summed E-state index contributed by atoms with van der Waals surface area (Å²) in [5, 5.41) is 4.90. The highest BCUT2D eigenvalue weighted by molar-refractivity contribution is 6.12. The predicted molar refractivity (Wildman–Crippen MR) is 184 cm³/mol. The molecule has 3 aromatic heterocycles. The molecule has 8 aromatic rings. The van der Waals surface area contributed by atoms with Gasteiger partial charge in [0.1, 0.15) is 0 Å². The number of hydrogen-bond donors (Lipinski definition) is 0. The highest BCUT2D eigenvalue weighted by atomic mass is 15.0. The van der Waals surface area contributed by atoms with Gasteiger partial charge in [0.05, 0.1) is 34.3 Å². The van der Waals surface area contributed by atoms with E-state index in [4.69, 9.17) is 6.57 Å². The summed E-state index contributed by atoms with van der Waals surface area (Å²) >= 11 is 0. The Morgan fingerprint density at radius 2 is 0.955 bits per heavy atom. The second-order valence-corrected chi connectivity index (χ2v) is 12.0. The molecule has 0 radical (unpaired) electrons. The molecule has 0 saturated carbocycles. The van der Waals surface area contributed by atoms with E-state index in [0.717, 1.165) is 44.6 Å². The lowest BCUT2D eigenvalue weighted by Crippen LogP contribution is -2.02. The first-order valence-electron chi connectivity index (χ1n) is 14.9. The Balaban J connectivity index is 1.49. The van der Waals surface area contributed by atoms with Crippen molar-refractivity contribution in [2.45, 2.75) is 27.7 Å². The zero-order valence-electron chi connectivity index (χ0n) is 25.2. The van der Waals surface area contributed by atoms with Crippen LogP contribution in [-0.4, -0.2) is 14.1 Å². The molecule has 5 aromatic carbocycles. The number of fused-ring (bicyclic) bond motifs is 6. The Hall–Kier alpha value is -5.66. The Kier molecular flexibility index (Phi) is 5.73. The SMILES string of the molecule is [C-]#[N+]c1ccc(-c2cnccc2-n2c3ccc(C)cc3c3cc(C)ccc32)c(-n2c3ccc(C)cc3c3cc(C)ccc32)c1. The minimum atomic E-state index is 0.603. The third-order valence-corrected chi connectivity index (χ3v) is 8.83. The van der Waals surface area contributed by atoms with Crippen LogP contribution in [0.15, 0.2) is 109 Å². The van der Waals surface area contributed by atoms with Gasteiger partial charge < -0.3 is 9.13 Å². The van der Waals surface area contributed by atoms with Crippen LogP contribution in [0, 0.1) is 34.3 Å². The van der Waals surface area contributed by atoms with Gasteiger partial charge in [-0.15, -0.1) is 0 Å². The third-order valence-electron chi connectivity index (χ3n) is 8.83. The average Bonchev–Trinajstić information content (AvgIpc) is 3.51. The molecule has 0 aliphatic carbocycles. The van der Waals surface area contributed by atoms with Crippen molar-refractivity contribution in [2.24, 2.45) is 0 Å². The molecule has 0 fully saturated rings. The lowest BCUT2D eigenvalue weighted by Gasteiger charge is -2.18. The number of aromatic nitrogens is 3. The summed E-state index contributed by atoms with van der Waals surface area (Å²) in [5.74, 6) is 0. The maximum Gasteiger partial charge on any atom is 0.189 e. The summed E-state index contributed by atoms with van der Waals surface area (Å²) in [6.45, 7) is 16.5. The molecular weight excluding hydrogens is 536 g/mol. The van der Waals surface area contributed by atoms with Gasteiger partial charge in [0.15, 0.2) is 5.69 Å². The van der Waals surface area contributed by atoms with E-state index in [1.54, 1.807) is 0 Å². The van der Waals surface area contributed by atoms with Crippen molar-refractivity contribution in [1.29, 1.82) is 0 Å². The van der Waals surface area contributed by atoms with E-state index < -0.39 is 0 Å². The Bertz CT molecular complexity index is 2380. The van der Waals surface area contributed by atoms with Crippen molar-refractivity contribution in [3.05, 3.63) is 143 Å². The monoisotopic (exact) mass is 566 g/mol. The molecule has 0 aliphatic rings. The number of aryl methyl sites for hydroxylation is 4. The largest absolute Gasteiger partial charge is 0.310 e. The van der Waals surface area contributed by atoms with Crippen LogP contribution in [0.25, 0.3) is 71.0 Å². The molecule has 0 unspecified atom stereocenters. The molecule has 0 amide bonds. The summed E-state index contributed by atoms with van der Waals surface area (Å²) in [6.07, 6.45) is 3.84. The van der Waals surface area contributed by atoms with E-state index >= 15 is 0 Å². The van der Waals surface area contributed by atoms with Gasteiger partial charge in [0.2, 0.25) is 0 Å². The summed E-state index contributed by atoms with van der Waals surface area (Å²) in [7, 11) is 0. The van der Waals surface area contributed by atoms with Gasteiger partial charge in [-0.05, 0) is 88.4 Å². The van der Waals surface area contributed by atoms with E-state index in [-0.39, 0.29) is 0 Å². The Morgan fingerprint density at radius 1 is 0.500 bits per heavy atom. The molecule has 4 heteroatoms. The summed E-state index contributed by atoms with van der Waals surface area (Å²) in [6, 6.07) is 34.8. The molecule has 4 nitrogen and oxygen atoms in total. The fourth-order valence-corrected chi connectivity index (χ4v) is 6.81. The average molecular weight is 567 g/mol. The summed E-state index contributed by atoms with van der Waals surface area (Å²) < 4.78 is 4.69. The number of pyridine rings is 1. The first kappa shape index (κ1) is 26.0. The third kappa shape index (κ3) is 3.87. The number of benzene rings is 5. The predicted octanol–water partition coefficient (Wildman–Crippen LogP) is 10.7. The molecule has 8 rings (SSSR count). The zero-order valence-corrected chi connectivity index (χ0v) is 25.2. The van der Waals surface area contributed by atoms with E-state index in [2.05, 4.69) is 132 Å².